The van der Waals surface area contributed by atoms with Crippen molar-refractivity contribution in [1.82, 2.24) is 5.43 Å². The van der Waals surface area contributed by atoms with Crippen molar-refractivity contribution in [2.75, 3.05) is 0 Å². The molecule has 3 aromatic rings. The monoisotopic (exact) mass is 332 g/mol. The fourth-order valence-corrected chi connectivity index (χ4v) is 3.36. The SMILES string of the molecule is O=C(N/N=C/c1ccccc1F)c1sc2ccccc2c1Cl. The molecule has 0 aliphatic heterocycles. The molecule has 0 spiro atoms. The molecule has 1 heterocycles. The van der Waals surface area contributed by atoms with Crippen LogP contribution in [0.25, 0.3) is 10.1 Å². The first-order chi connectivity index (χ1) is 10.7. The molecule has 0 radical (unpaired) electrons. The summed E-state index contributed by atoms with van der Waals surface area (Å²) in [5, 5.41) is 5.01. The first kappa shape index (κ1) is 14.7. The highest BCUT2D eigenvalue weighted by atomic mass is 35.5. The van der Waals surface area contributed by atoms with Gasteiger partial charge in [0.25, 0.3) is 5.91 Å². The minimum absolute atomic E-state index is 0.297. The van der Waals surface area contributed by atoms with Gasteiger partial charge in [-0.15, -0.1) is 11.3 Å². The van der Waals surface area contributed by atoms with E-state index >= 15 is 0 Å². The number of amides is 1. The molecule has 0 bridgehead atoms. The first-order valence-corrected chi connectivity index (χ1v) is 7.61. The minimum atomic E-state index is -0.418. The van der Waals surface area contributed by atoms with Crippen molar-refractivity contribution in [2.24, 2.45) is 5.10 Å². The highest BCUT2D eigenvalue weighted by Crippen LogP contribution is 2.34. The molecular weight excluding hydrogens is 323 g/mol. The van der Waals surface area contributed by atoms with E-state index in [4.69, 9.17) is 11.6 Å². The average Bonchev–Trinajstić information content (AvgIpc) is 2.87. The topological polar surface area (TPSA) is 41.5 Å². The lowest BCUT2D eigenvalue weighted by atomic mass is 10.2. The van der Waals surface area contributed by atoms with Crippen LogP contribution in [-0.4, -0.2) is 12.1 Å². The summed E-state index contributed by atoms with van der Waals surface area (Å²) in [6.07, 6.45) is 1.26. The van der Waals surface area contributed by atoms with Crippen molar-refractivity contribution in [2.45, 2.75) is 0 Å². The summed E-state index contributed by atoms with van der Waals surface area (Å²) in [6.45, 7) is 0. The summed E-state index contributed by atoms with van der Waals surface area (Å²) >= 11 is 7.50. The van der Waals surface area contributed by atoms with Crippen LogP contribution < -0.4 is 5.43 Å². The quantitative estimate of drug-likeness (QED) is 0.558. The molecule has 0 fully saturated rings. The fraction of sp³-hybridized carbons (Fsp3) is 0. The summed E-state index contributed by atoms with van der Waals surface area (Å²) in [5.74, 6) is -0.820. The van der Waals surface area contributed by atoms with Gasteiger partial charge in [-0.05, 0) is 12.1 Å². The van der Waals surface area contributed by atoms with Crippen LogP contribution in [-0.2, 0) is 0 Å². The summed E-state index contributed by atoms with van der Waals surface area (Å²) in [7, 11) is 0. The third kappa shape index (κ3) is 2.86. The van der Waals surface area contributed by atoms with E-state index in [2.05, 4.69) is 10.5 Å². The number of hydrogen-bond donors (Lipinski definition) is 1. The van der Waals surface area contributed by atoms with Gasteiger partial charge in [-0.3, -0.25) is 4.79 Å². The highest BCUT2D eigenvalue weighted by molar-refractivity contribution is 7.21. The number of benzene rings is 2. The van der Waals surface area contributed by atoms with Gasteiger partial charge in [0.2, 0.25) is 0 Å². The number of fused-ring (bicyclic) bond motifs is 1. The van der Waals surface area contributed by atoms with Gasteiger partial charge >= 0.3 is 0 Å². The normalized spacial score (nSPS) is 11.2. The lowest BCUT2D eigenvalue weighted by Crippen LogP contribution is -2.16. The second-order valence-corrected chi connectivity index (χ2v) is 5.89. The lowest BCUT2D eigenvalue weighted by Gasteiger charge is -1.98. The maximum Gasteiger partial charge on any atom is 0.283 e. The summed E-state index contributed by atoms with van der Waals surface area (Å²) in [6, 6.07) is 13.7. The molecule has 3 nitrogen and oxygen atoms in total. The summed E-state index contributed by atoms with van der Waals surface area (Å²) in [5.41, 5.74) is 2.66. The Kier molecular flexibility index (Phi) is 4.18. The van der Waals surface area contributed by atoms with Crippen molar-refractivity contribution >= 4 is 45.1 Å². The van der Waals surface area contributed by atoms with E-state index in [0.717, 1.165) is 10.1 Å². The zero-order valence-corrected chi connectivity index (χ0v) is 12.8. The Morgan fingerprint density at radius 1 is 1.18 bits per heavy atom. The van der Waals surface area contributed by atoms with Crippen molar-refractivity contribution in [1.29, 1.82) is 0 Å². The van der Waals surface area contributed by atoms with Crippen LogP contribution in [0.5, 0.6) is 0 Å². The minimum Gasteiger partial charge on any atom is -0.266 e. The third-order valence-corrected chi connectivity index (χ3v) is 4.69. The van der Waals surface area contributed by atoms with Gasteiger partial charge in [0.05, 0.1) is 11.2 Å². The largest absolute Gasteiger partial charge is 0.283 e. The van der Waals surface area contributed by atoms with Crippen LogP contribution in [0.3, 0.4) is 0 Å². The van der Waals surface area contributed by atoms with E-state index in [9.17, 15) is 9.18 Å². The molecule has 1 amide bonds. The van der Waals surface area contributed by atoms with Gasteiger partial charge in [-0.25, -0.2) is 9.82 Å². The maximum atomic E-state index is 13.4. The summed E-state index contributed by atoms with van der Waals surface area (Å²) < 4.78 is 14.3. The maximum absolute atomic E-state index is 13.4. The number of hydrogen-bond acceptors (Lipinski definition) is 3. The Morgan fingerprint density at radius 3 is 2.68 bits per heavy atom. The van der Waals surface area contributed by atoms with Crippen molar-refractivity contribution in [3.8, 4) is 0 Å². The molecule has 0 aliphatic carbocycles. The fourth-order valence-electron chi connectivity index (χ4n) is 1.95. The van der Waals surface area contributed by atoms with Crippen molar-refractivity contribution in [3.05, 3.63) is 69.8 Å². The van der Waals surface area contributed by atoms with Crippen molar-refractivity contribution in [3.63, 3.8) is 0 Å². The molecule has 6 heteroatoms. The number of nitrogens with one attached hydrogen (secondary N) is 1. The van der Waals surface area contributed by atoms with E-state index in [1.54, 1.807) is 18.2 Å². The summed E-state index contributed by atoms with van der Waals surface area (Å²) in [4.78, 5) is 12.5. The van der Waals surface area contributed by atoms with Gasteiger partial charge in [0.15, 0.2) is 0 Å². The number of halogens is 2. The van der Waals surface area contributed by atoms with E-state index < -0.39 is 11.7 Å². The van der Waals surface area contributed by atoms with Gasteiger partial charge in [0, 0.05) is 15.6 Å². The molecule has 1 aromatic heterocycles. The number of hydrazone groups is 1. The smallest absolute Gasteiger partial charge is 0.266 e. The second-order valence-electron chi connectivity index (χ2n) is 4.46. The van der Waals surface area contributed by atoms with E-state index in [0.29, 0.717) is 15.5 Å². The van der Waals surface area contributed by atoms with Crippen LogP contribution in [0.1, 0.15) is 15.2 Å². The third-order valence-electron chi connectivity index (χ3n) is 3.02. The van der Waals surface area contributed by atoms with Crippen LogP contribution >= 0.6 is 22.9 Å². The Balaban J connectivity index is 1.79. The molecule has 0 saturated heterocycles. The van der Waals surface area contributed by atoms with E-state index in [-0.39, 0.29) is 0 Å². The lowest BCUT2D eigenvalue weighted by molar-refractivity contribution is 0.0959. The predicted molar refractivity (Wildman–Crippen MR) is 88.3 cm³/mol. The number of thiophene rings is 1. The molecule has 22 heavy (non-hydrogen) atoms. The highest BCUT2D eigenvalue weighted by Gasteiger charge is 2.16. The Hall–Kier alpha value is -2.24. The second kappa shape index (κ2) is 6.25. The molecule has 0 atom stereocenters. The zero-order valence-electron chi connectivity index (χ0n) is 11.2. The van der Waals surface area contributed by atoms with Gasteiger partial charge in [-0.1, -0.05) is 48.0 Å². The Morgan fingerprint density at radius 2 is 1.91 bits per heavy atom. The molecular formula is C16H10ClFN2OS. The van der Waals surface area contributed by atoms with Crippen LogP contribution in [0.4, 0.5) is 4.39 Å². The van der Waals surface area contributed by atoms with Crippen molar-refractivity contribution < 1.29 is 9.18 Å². The molecule has 0 unspecified atom stereocenters. The predicted octanol–water partition coefficient (Wildman–Crippen LogP) is 4.46. The number of carbonyl (C=O) groups excluding carboxylic acids is 1. The Labute approximate surface area is 135 Å². The van der Waals surface area contributed by atoms with Crippen LogP contribution in [0, 0.1) is 5.82 Å². The number of carbonyl (C=O) groups is 1. The van der Waals surface area contributed by atoms with Crippen LogP contribution in [0.2, 0.25) is 5.02 Å². The molecule has 0 aliphatic rings. The molecule has 2 aromatic carbocycles. The average molecular weight is 333 g/mol. The van der Waals surface area contributed by atoms with Gasteiger partial charge < -0.3 is 0 Å². The number of rotatable bonds is 3. The Bertz CT molecular complexity index is 875. The molecule has 1 N–H and O–H groups in total. The zero-order chi connectivity index (χ0) is 15.5. The standard InChI is InChI=1S/C16H10ClFN2OS/c17-14-11-6-2-4-8-13(11)22-15(14)16(21)20-19-9-10-5-1-3-7-12(10)18/h1-9H,(H,20,21)/b19-9+. The van der Waals surface area contributed by atoms with Crippen LogP contribution in [0.15, 0.2) is 53.6 Å². The van der Waals surface area contributed by atoms with Gasteiger partial charge in [-0.2, -0.15) is 5.10 Å². The van der Waals surface area contributed by atoms with E-state index in [1.807, 2.05) is 24.3 Å². The van der Waals surface area contributed by atoms with Gasteiger partial charge in [0.1, 0.15) is 10.7 Å². The number of nitrogens with zero attached hydrogens (tertiary/aromatic N) is 1. The molecule has 0 saturated carbocycles. The molecule has 110 valence electrons. The first-order valence-electron chi connectivity index (χ1n) is 6.42. The molecule has 3 rings (SSSR count). The van der Waals surface area contributed by atoms with E-state index in [1.165, 1.54) is 23.6 Å².